The van der Waals surface area contributed by atoms with Crippen LogP contribution in [0.3, 0.4) is 0 Å². The Morgan fingerprint density at radius 1 is 0.469 bits per heavy atom. The number of piperazine rings is 3. The number of quaternary nitrogens is 2. The number of allylic oxidation sites excluding steroid dienone is 9. The molecule has 3 N–H and O–H groups in total. The molecular weight excluding hydrogens is 1880 g/mol. The monoisotopic (exact) mass is 2040 g/mol. The standard InChI is InChI=1S/C40H58N2O9.C38H48NO9.C37H49N2O9/c1-24-22-25(2)40-29(13-14-30-33(40)34(44)26(3)36(37(30)51-40)50-38(45)28-10-7-8-11-28)23-31(47-6)39(46)49-35(24)27(4)48-32(43)12-9-15-42-19-16-41(5,17-20-42)18-21-42;1-22-20-23(2)38-27(15-16-28-31(38)32(41)24(3)34(35(28)48-38)47-36(42)26-12-7-8-13-26)21-29(44-5)37(43)46-33(22)25(4)45-30(40)14-11-19-39-17-9-6-10-18-39;1-21-18-22(2)37-26(13-14-27-30(37)31(41)23(3)33(34(27)48-37)47-35(42)25-10-7-8-11-25)19-28(44-6)36(43)46-32(21)24(4)45-29(40)12-9-15-39-17-16-38(5)20-39/h7-8,10,13-14,22,24,26-27,29-31,33-37,44H,9,11-12,15-21,23H2,1-6H3;6-10,12,15-18,20,22,24-25,27-29,31-35,41H,11,13-14,19,21H2,1-5H3;7-8,10,13-14,16-18,20-21,23-24,26-28,30-34,41H,9,11-12,15,19H2,1-6H3/q+2;2*+1/b25-22+;23-20+;22-18+/t24-,26-,27-,29-,30-,31+,33+,34-,35+,36-,37-,40+,41?,42?;22-,24-,25-,27-,28-,29+,31+,32-,33+,34-,35-,38+;21-,23-,24-,26-,27-,28+,30+,31-,32+,33-,34-,37+/m111/s1. The Balaban J connectivity index is 0.000000151. The van der Waals surface area contributed by atoms with Crippen LogP contribution >= 0.6 is 0 Å². The van der Waals surface area contributed by atoms with Crippen LogP contribution in [0.4, 0.5) is 0 Å². The Bertz CT molecular complexity index is 5580. The molecule has 32 nitrogen and oxygen atoms in total. The van der Waals surface area contributed by atoms with Gasteiger partial charge in [-0.2, -0.15) is 0 Å². The predicted octanol–water partition coefficient (Wildman–Crippen LogP) is 10.5. The van der Waals surface area contributed by atoms with Gasteiger partial charge >= 0.3 is 53.7 Å². The van der Waals surface area contributed by atoms with Gasteiger partial charge in [0.25, 0.3) is 0 Å². The summed E-state index contributed by atoms with van der Waals surface area (Å²) >= 11 is 0. The van der Waals surface area contributed by atoms with Crippen LogP contribution < -0.4 is 9.13 Å². The number of rotatable bonds is 27. The van der Waals surface area contributed by atoms with E-state index in [0.717, 1.165) is 34.2 Å². The normalized spacial score (nSPS) is 41.0. The molecule has 147 heavy (non-hydrogen) atoms. The summed E-state index contributed by atoms with van der Waals surface area (Å²) in [6.07, 6.45) is 36.7. The van der Waals surface area contributed by atoms with Crippen LogP contribution in [0.5, 0.6) is 0 Å². The van der Waals surface area contributed by atoms with Crippen molar-refractivity contribution in [3.8, 4) is 0 Å². The van der Waals surface area contributed by atoms with Crippen molar-refractivity contribution in [1.29, 1.82) is 0 Å². The minimum atomic E-state index is -0.977. The number of ether oxygens (including phenoxy) is 15. The summed E-state index contributed by atoms with van der Waals surface area (Å²) in [4.78, 5) is 119. The fourth-order valence-electron chi connectivity index (χ4n) is 27.8. The van der Waals surface area contributed by atoms with E-state index < -0.39 is 157 Å². The van der Waals surface area contributed by atoms with E-state index in [1.807, 2.05) is 181 Å². The zero-order valence-electron chi connectivity index (χ0n) is 88.3. The van der Waals surface area contributed by atoms with E-state index in [-0.39, 0.29) is 145 Å². The van der Waals surface area contributed by atoms with Crippen LogP contribution in [0, 0.1) is 88.8 Å². The highest BCUT2D eigenvalue weighted by Crippen LogP contribution is 2.65. The third-order valence-electron chi connectivity index (χ3n) is 35.9. The van der Waals surface area contributed by atoms with Gasteiger partial charge in [0.2, 0.25) is 6.33 Å². The van der Waals surface area contributed by atoms with Crippen molar-refractivity contribution in [2.45, 2.75) is 300 Å². The number of nitrogens with zero attached hydrogens (tertiary/aromatic N) is 5. The molecule has 3 spiro atoms. The van der Waals surface area contributed by atoms with E-state index in [2.05, 4.69) is 49.6 Å². The quantitative estimate of drug-likeness (QED) is 0.0246. The average Bonchev–Trinajstić information content (AvgIpc) is 1.54. The average molecular weight is 2040 g/mol. The molecule has 9 aliphatic heterocycles. The number of cyclic esters (lactones) is 3. The number of imidazole rings is 1. The van der Waals surface area contributed by atoms with Crippen LogP contribution in [0.2, 0.25) is 0 Å². The Morgan fingerprint density at radius 3 is 1.13 bits per heavy atom. The Hall–Kier alpha value is -9.97. The van der Waals surface area contributed by atoms with Crippen molar-refractivity contribution >= 4 is 53.7 Å². The molecule has 14 bridgehead atoms. The maximum Gasteiger partial charge on any atom is 0.335 e. The highest BCUT2D eigenvalue weighted by atomic mass is 16.6. The van der Waals surface area contributed by atoms with Gasteiger partial charge in [0, 0.05) is 158 Å². The lowest BCUT2D eigenvalue weighted by molar-refractivity contribution is -1.07. The second kappa shape index (κ2) is 44.9. The number of aliphatic hydroxyl groups is 3. The molecule has 9 aliphatic carbocycles. The molecule has 20 rings (SSSR count). The van der Waals surface area contributed by atoms with Gasteiger partial charge in [-0.1, -0.05) is 157 Å². The minimum Gasteiger partial charge on any atom is -0.459 e. The van der Waals surface area contributed by atoms with E-state index in [1.165, 1.54) is 65.1 Å². The van der Waals surface area contributed by atoms with Gasteiger partial charge in [-0.05, 0) is 103 Å². The molecule has 36 atom stereocenters. The lowest BCUT2D eigenvalue weighted by Crippen LogP contribution is -2.73. The number of fused-ring (bicyclic) bond motifs is 3. The molecular formula is C115H155N5O27+4. The fraction of sp³-hybridized carbons (Fsp3) is 0.643. The van der Waals surface area contributed by atoms with Crippen molar-refractivity contribution in [2.24, 2.45) is 95.8 Å². The summed E-state index contributed by atoms with van der Waals surface area (Å²) in [5, 5.41) is 35.9. The molecule has 0 amide bonds. The summed E-state index contributed by atoms with van der Waals surface area (Å²) in [7, 11) is 8.73. The van der Waals surface area contributed by atoms with Gasteiger partial charge in [-0.15, -0.1) is 0 Å². The predicted molar refractivity (Wildman–Crippen MR) is 534 cm³/mol. The number of methoxy groups -OCH3 is 3. The van der Waals surface area contributed by atoms with Crippen LogP contribution in [-0.4, -0.2) is 283 Å². The van der Waals surface area contributed by atoms with Crippen molar-refractivity contribution in [1.82, 2.24) is 4.57 Å². The number of likely N-dealkylation sites (N-methyl/N-ethyl adjacent to an activating group) is 1. The van der Waals surface area contributed by atoms with Gasteiger partial charge in [0.05, 0.1) is 58.3 Å². The van der Waals surface area contributed by atoms with Crippen molar-refractivity contribution < 1.29 is 148 Å². The van der Waals surface area contributed by atoms with Gasteiger partial charge in [0.15, 0.2) is 30.7 Å². The van der Waals surface area contributed by atoms with Crippen molar-refractivity contribution in [3.05, 3.63) is 192 Å². The van der Waals surface area contributed by atoms with Gasteiger partial charge in [0.1, 0.15) is 148 Å². The summed E-state index contributed by atoms with van der Waals surface area (Å²) in [6, 6.07) is 5.82. The van der Waals surface area contributed by atoms with E-state index >= 15 is 0 Å². The Labute approximate surface area is 863 Å². The molecule has 6 saturated heterocycles. The number of esters is 9. The summed E-state index contributed by atoms with van der Waals surface area (Å²) in [6.45, 7) is 32.3. The molecule has 2 aromatic rings. The number of carbonyl (C=O) groups excluding carboxylic acids is 9. The largest absolute Gasteiger partial charge is 0.459 e. The smallest absolute Gasteiger partial charge is 0.335 e. The third-order valence-corrected chi connectivity index (χ3v) is 35.9. The molecule has 32 heteroatoms. The van der Waals surface area contributed by atoms with Gasteiger partial charge in [-0.25, -0.2) is 42.5 Å². The number of aliphatic hydroxyl groups excluding tert-OH is 3. The second-order valence-corrected chi connectivity index (χ2v) is 45.1. The number of hydrogen-bond donors (Lipinski definition) is 3. The van der Waals surface area contributed by atoms with E-state index in [9.17, 15) is 58.5 Å². The lowest BCUT2D eigenvalue weighted by Gasteiger charge is -2.54. The molecule has 0 unspecified atom stereocenters. The first-order valence-electron chi connectivity index (χ1n) is 53.6. The number of aromatic nitrogens is 3. The Morgan fingerprint density at radius 2 is 0.810 bits per heavy atom. The third kappa shape index (κ3) is 21.4. The minimum absolute atomic E-state index is 0.185. The molecule has 3 saturated carbocycles. The maximum absolute atomic E-state index is 13.8. The van der Waals surface area contributed by atoms with Gasteiger partial charge in [-0.3, -0.25) is 14.4 Å². The molecule has 0 radical (unpaired) electrons. The molecule has 798 valence electrons. The summed E-state index contributed by atoms with van der Waals surface area (Å²) in [5.41, 5.74) is 1.50. The van der Waals surface area contributed by atoms with Crippen LogP contribution in [-0.2, 0) is 134 Å². The number of pyridine rings is 1. The maximum atomic E-state index is 13.8. The SMILES string of the molecule is CO[C@H]1C[C@H]2C=C[C@H]3[C@H]4O[C@]2(/C(C)=C/[C@@H](C)[C@@H]([C@@H](C)OC(=O)CCC[N+]25CC[N+](C)(CC2)CC5)OC1=O)[C@@H]3[C@H](O)[C@@H](C)[C@H]4OC(=O)C1=CC=CC1.CO[C@H]1C[C@H]2C=C[C@H]3[C@H]4O[C@]2(/C(C)=C/[C@@H](C)[C@@H]([C@@H](C)OC(=O)CCC[n+]2ccccc2)OC1=O)[C@@H]3[C@H](O)[C@@H](C)[C@H]4OC(=O)C1=CC=CC1.CO[C@H]1C[C@H]2C=C[C@H]3[C@H]4O[C@]2(/C(C)=C/[C@@H](C)[C@@H]([C@@H](C)OC(=O)CCCn2cc[n+](C)c2)OC1=O)[C@@H]3[C@H](O)[C@@H](C)[C@H]4OC(=O)C1=CC=CC1. The first-order valence-corrected chi connectivity index (χ1v) is 53.6. The topological polar surface area (TPSA) is 365 Å². The molecule has 11 heterocycles. The van der Waals surface area contributed by atoms with Crippen molar-refractivity contribution in [2.75, 3.05) is 74.2 Å². The van der Waals surface area contributed by atoms with Crippen molar-refractivity contribution in [3.63, 3.8) is 0 Å². The number of aryl methyl sites for hydroxylation is 3. The lowest BCUT2D eigenvalue weighted by atomic mass is 9.57. The first kappa shape index (κ1) is 108. The van der Waals surface area contributed by atoms with Gasteiger partial charge < -0.3 is 95.3 Å². The highest BCUT2D eigenvalue weighted by molar-refractivity contribution is 5.91. The van der Waals surface area contributed by atoms with Crippen LogP contribution in [0.1, 0.15) is 160 Å². The zero-order valence-corrected chi connectivity index (χ0v) is 88.3. The van der Waals surface area contributed by atoms with E-state index in [1.54, 1.807) is 39.0 Å². The first-order chi connectivity index (χ1) is 70.3. The fourth-order valence-corrected chi connectivity index (χ4v) is 27.8. The Kier molecular flexibility index (Phi) is 33.1. The van der Waals surface area contributed by atoms with E-state index in [4.69, 9.17) is 71.1 Å². The van der Waals surface area contributed by atoms with E-state index in [0.29, 0.717) is 68.3 Å². The number of carbonyl (C=O) groups is 9. The number of hydrogen-bond acceptors (Lipinski definition) is 27. The molecule has 9 fully saturated rings. The van der Waals surface area contributed by atoms with Crippen LogP contribution in [0.25, 0.3) is 0 Å². The highest BCUT2D eigenvalue weighted by Gasteiger charge is 2.73. The molecule has 2 aromatic heterocycles. The summed E-state index contributed by atoms with van der Waals surface area (Å²) < 4.78 is 101. The summed E-state index contributed by atoms with van der Waals surface area (Å²) in [5.74, 6) is -8.55. The van der Waals surface area contributed by atoms with Crippen LogP contribution in [0.15, 0.2) is 192 Å². The second-order valence-electron chi connectivity index (χ2n) is 45.1. The molecule has 0 aromatic carbocycles. The molecule has 18 aliphatic rings. The zero-order chi connectivity index (χ0) is 105.